The second-order valence-electron chi connectivity index (χ2n) is 3.94. The van der Waals surface area contributed by atoms with E-state index in [2.05, 4.69) is 31.8 Å². The van der Waals surface area contributed by atoms with Crippen molar-refractivity contribution in [3.05, 3.63) is 29.6 Å². The Morgan fingerprint density at radius 3 is 2.69 bits per heavy atom. The van der Waals surface area contributed by atoms with Gasteiger partial charge in [-0.2, -0.15) is 0 Å². The summed E-state index contributed by atoms with van der Waals surface area (Å²) in [5.74, 6) is 0.622. The summed E-state index contributed by atoms with van der Waals surface area (Å²) in [6.07, 6.45) is 2.81. The van der Waals surface area contributed by atoms with Crippen LogP contribution in [0.1, 0.15) is 37.6 Å². The molecule has 1 heterocycles. The van der Waals surface area contributed by atoms with Crippen molar-refractivity contribution in [3.8, 4) is 0 Å². The molecule has 1 atom stereocenters. The minimum Gasteiger partial charge on any atom is -0.323 e. The van der Waals surface area contributed by atoms with Gasteiger partial charge >= 0.3 is 0 Å². The smallest absolute Gasteiger partial charge is 0.0600 e. The third-order valence-corrected chi connectivity index (χ3v) is 2.13. The van der Waals surface area contributed by atoms with Crippen molar-refractivity contribution < 1.29 is 0 Å². The molecule has 0 aliphatic carbocycles. The molecule has 13 heavy (non-hydrogen) atoms. The van der Waals surface area contributed by atoms with Gasteiger partial charge in [0, 0.05) is 12.2 Å². The molecule has 0 saturated carbocycles. The molecule has 0 aliphatic rings. The van der Waals surface area contributed by atoms with E-state index in [1.165, 1.54) is 5.56 Å². The summed E-state index contributed by atoms with van der Waals surface area (Å²) in [6, 6.07) is 4.09. The second-order valence-corrected chi connectivity index (χ2v) is 3.94. The zero-order valence-corrected chi connectivity index (χ0v) is 8.62. The van der Waals surface area contributed by atoms with Crippen LogP contribution >= 0.6 is 0 Å². The average Bonchev–Trinajstić information content (AvgIpc) is 2.03. The molecule has 72 valence electrons. The zero-order chi connectivity index (χ0) is 9.84. The fraction of sp³-hybridized carbons (Fsp3) is 0.545. The Hall–Kier alpha value is -0.890. The highest BCUT2D eigenvalue weighted by atomic mass is 14.8. The molecule has 0 spiro atoms. The number of hydrogen-bond acceptors (Lipinski definition) is 2. The molecule has 0 amide bonds. The highest BCUT2D eigenvalue weighted by Gasteiger charge is 2.11. The van der Waals surface area contributed by atoms with Gasteiger partial charge in [0.05, 0.1) is 5.69 Å². The first-order chi connectivity index (χ1) is 6.11. The SMILES string of the molecule is Cc1cccnc1C(N)CC(C)C. The van der Waals surface area contributed by atoms with Gasteiger partial charge in [-0.25, -0.2) is 0 Å². The standard InChI is InChI=1S/C11H18N2/c1-8(2)7-10(12)11-9(3)5-4-6-13-11/h4-6,8,10H,7,12H2,1-3H3. The Bertz CT molecular complexity index is 269. The van der Waals surface area contributed by atoms with E-state index in [0.717, 1.165) is 12.1 Å². The number of nitrogens with zero attached hydrogens (tertiary/aromatic N) is 1. The molecule has 1 unspecified atom stereocenters. The topological polar surface area (TPSA) is 38.9 Å². The highest BCUT2D eigenvalue weighted by Crippen LogP contribution is 2.19. The molecular weight excluding hydrogens is 160 g/mol. The molecule has 1 aromatic rings. The summed E-state index contributed by atoms with van der Waals surface area (Å²) < 4.78 is 0. The quantitative estimate of drug-likeness (QED) is 0.772. The summed E-state index contributed by atoms with van der Waals surface area (Å²) in [5, 5.41) is 0. The first-order valence-electron chi connectivity index (χ1n) is 4.78. The number of rotatable bonds is 3. The highest BCUT2D eigenvalue weighted by molar-refractivity contribution is 5.20. The van der Waals surface area contributed by atoms with Crippen LogP contribution in [0.3, 0.4) is 0 Å². The lowest BCUT2D eigenvalue weighted by molar-refractivity contribution is 0.500. The van der Waals surface area contributed by atoms with Crippen LogP contribution in [0.5, 0.6) is 0 Å². The minimum absolute atomic E-state index is 0.0844. The van der Waals surface area contributed by atoms with Crippen molar-refractivity contribution >= 4 is 0 Å². The number of aryl methyl sites for hydroxylation is 1. The Morgan fingerprint density at radius 1 is 1.46 bits per heavy atom. The Kier molecular flexibility index (Phi) is 3.43. The van der Waals surface area contributed by atoms with Crippen LogP contribution in [-0.2, 0) is 0 Å². The normalized spacial score (nSPS) is 13.3. The molecule has 1 rings (SSSR count). The largest absolute Gasteiger partial charge is 0.323 e. The second kappa shape index (κ2) is 4.38. The van der Waals surface area contributed by atoms with E-state index < -0.39 is 0 Å². The van der Waals surface area contributed by atoms with Crippen molar-refractivity contribution in [2.24, 2.45) is 11.7 Å². The number of hydrogen-bond donors (Lipinski definition) is 1. The Balaban J connectivity index is 2.76. The van der Waals surface area contributed by atoms with Gasteiger partial charge in [0.2, 0.25) is 0 Å². The third kappa shape index (κ3) is 2.81. The Morgan fingerprint density at radius 2 is 2.15 bits per heavy atom. The van der Waals surface area contributed by atoms with Crippen LogP contribution in [-0.4, -0.2) is 4.98 Å². The summed E-state index contributed by atoms with van der Waals surface area (Å²) in [6.45, 7) is 6.42. The predicted molar refractivity (Wildman–Crippen MR) is 55.4 cm³/mol. The van der Waals surface area contributed by atoms with Gasteiger partial charge in [-0.05, 0) is 30.9 Å². The maximum Gasteiger partial charge on any atom is 0.0600 e. The van der Waals surface area contributed by atoms with Gasteiger partial charge in [0.25, 0.3) is 0 Å². The summed E-state index contributed by atoms with van der Waals surface area (Å²) in [7, 11) is 0. The van der Waals surface area contributed by atoms with Crippen LogP contribution in [0.2, 0.25) is 0 Å². The molecule has 0 aromatic carbocycles. The maximum absolute atomic E-state index is 6.03. The molecule has 2 heteroatoms. The van der Waals surface area contributed by atoms with Gasteiger partial charge in [0.15, 0.2) is 0 Å². The number of nitrogens with two attached hydrogens (primary N) is 1. The van der Waals surface area contributed by atoms with E-state index in [1.807, 2.05) is 12.3 Å². The van der Waals surface area contributed by atoms with Crippen molar-refractivity contribution in [1.29, 1.82) is 0 Å². The van der Waals surface area contributed by atoms with Gasteiger partial charge in [-0.1, -0.05) is 19.9 Å². The first kappa shape index (κ1) is 10.2. The van der Waals surface area contributed by atoms with Crippen molar-refractivity contribution in [2.45, 2.75) is 33.2 Å². The molecule has 0 fully saturated rings. The first-order valence-corrected chi connectivity index (χ1v) is 4.78. The summed E-state index contributed by atoms with van der Waals surface area (Å²) in [4.78, 5) is 4.31. The number of aromatic nitrogens is 1. The molecule has 0 bridgehead atoms. The van der Waals surface area contributed by atoms with Crippen molar-refractivity contribution in [3.63, 3.8) is 0 Å². The molecule has 0 aliphatic heterocycles. The van der Waals surface area contributed by atoms with Crippen molar-refractivity contribution in [2.75, 3.05) is 0 Å². The zero-order valence-electron chi connectivity index (χ0n) is 8.62. The van der Waals surface area contributed by atoms with Gasteiger partial charge in [0.1, 0.15) is 0 Å². The van der Waals surface area contributed by atoms with Gasteiger partial charge in [-0.3, -0.25) is 4.98 Å². The van der Waals surface area contributed by atoms with Crippen LogP contribution in [0, 0.1) is 12.8 Å². The summed E-state index contributed by atoms with van der Waals surface area (Å²) in [5.41, 5.74) is 8.26. The molecule has 2 N–H and O–H groups in total. The average molecular weight is 178 g/mol. The lowest BCUT2D eigenvalue weighted by Gasteiger charge is -2.15. The maximum atomic E-state index is 6.03. The van der Waals surface area contributed by atoms with Crippen LogP contribution in [0.15, 0.2) is 18.3 Å². The van der Waals surface area contributed by atoms with Gasteiger partial charge in [-0.15, -0.1) is 0 Å². The van der Waals surface area contributed by atoms with Crippen LogP contribution in [0.25, 0.3) is 0 Å². The fourth-order valence-electron chi connectivity index (χ4n) is 1.51. The van der Waals surface area contributed by atoms with E-state index >= 15 is 0 Å². The summed E-state index contributed by atoms with van der Waals surface area (Å²) >= 11 is 0. The molecular formula is C11H18N2. The molecule has 0 radical (unpaired) electrons. The van der Waals surface area contributed by atoms with Crippen molar-refractivity contribution in [1.82, 2.24) is 4.98 Å². The minimum atomic E-state index is 0.0844. The fourth-order valence-corrected chi connectivity index (χ4v) is 1.51. The monoisotopic (exact) mass is 178 g/mol. The number of pyridine rings is 1. The lowest BCUT2D eigenvalue weighted by Crippen LogP contribution is -2.15. The van der Waals surface area contributed by atoms with E-state index in [4.69, 9.17) is 5.73 Å². The molecule has 0 saturated heterocycles. The van der Waals surface area contributed by atoms with E-state index in [1.54, 1.807) is 0 Å². The van der Waals surface area contributed by atoms with E-state index in [0.29, 0.717) is 5.92 Å². The molecule has 1 aromatic heterocycles. The van der Waals surface area contributed by atoms with E-state index in [-0.39, 0.29) is 6.04 Å². The predicted octanol–water partition coefficient (Wildman–Crippen LogP) is 2.44. The van der Waals surface area contributed by atoms with Crippen LogP contribution in [0.4, 0.5) is 0 Å². The van der Waals surface area contributed by atoms with E-state index in [9.17, 15) is 0 Å². The lowest BCUT2D eigenvalue weighted by atomic mass is 9.99. The molecule has 2 nitrogen and oxygen atoms in total. The van der Waals surface area contributed by atoms with Gasteiger partial charge < -0.3 is 5.73 Å². The Labute approximate surface area is 80.2 Å². The van der Waals surface area contributed by atoms with Crippen LogP contribution < -0.4 is 5.73 Å². The third-order valence-electron chi connectivity index (χ3n) is 2.13.